The molecule has 76 valence electrons. The first-order valence-electron chi connectivity index (χ1n) is 5.76. The van der Waals surface area contributed by atoms with E-state index in [9.17, 15) is 0 Å². The molecule has 1 unspecified atom stereocenters. The second-order valence-corrected chi connectivity index (χ2v) is 4.07. The minimum absolute atomic E-state index is 0.804. The van der Waals surface area contributed by atoms with E-state index in [-0.39, 0.29) is 0 Å². The summed E-state index contributed by atoms with van der Waals surface area (Å²) in [6.07, 6.45) is 11.7. The predicted molar refractivity (Wildman–Crippen MR) is 58.7 cm³/mol. The summed E-state index contributed by atoms with van der Waals surface area (Å²) in [6.45, 7) is 7.40. The highest BCUT2D eigenvalue weighted by atomic mass is 15.1. The Morgan fingerprint density at radius 2 is 2.23 bits per heavy atom. The summed E-state index contributed by atoms with van der Waals surface area (Å²) in [5.74, 6) is 0. The Balaban J connectivity index is 2.23. The SMILES string of the molecule is C=CN1CCCCC1CCCCC. The van der Waals surface area contributed by atoms with Gasteiger partial charge >= 0.3 is 0 Å². The van der Waals surface area contributed by atoms with Crippen molar-refractivity contribution in [2.75, 3.05) is 6.54 Å². The molecule has 0 amide bonds. The van der Waals surface area contributed by atoms with Gasteiger partial charge in [0.2, 0.25) is 0 Å². The zero-order chi connectivity index (χ0) is 9.52. The van der Waals surface area contributed by atoms with Crippen molar-refractivity contribution in [2.45, 2.75) is 57.9 Å². The van der Waals surface area contributed by atoms with Crippen molar-refractivity contribution in [1.29, 1.82) is 0 Å². The molecule has 0 aromatic heterocycles. The fourth-order valence-corrected chi connectivity index (χ4v) is 2.20. The Kier molecular flexibility index (Phi) is 4.95. The monoisotopic (exact) mass is 181 g/mol. The molecule has 1 rings (SSSR count). The number of hydrogen-bond acceptors (Lipinski definition) is 1. The van der Waals surface area contributed by atoms with Gasteiger partial charge in [0.1, 0.15) is 0 Å². The summed E-state index contributed by atoms with van der Waals surface area (Å²) in [6, 6.07) is 0.804. The molecule has 1 heterocycles. The van der Waals surface area contributed by atoms with E-state index in [1.54, 1.807) is 0 Å². The lowest BCUT2D eigenvalue weighted by molar-refractivity contribution is 0.199. The fraction of sp³-hybridized carbons (Fsp3) is 0.833. The molecule has 0 aliphatic carbocycles. The third kappa shape index (κ3) is 3.41. The summed E-state index contributed by atoms with van der Waals surface area (Å²) in [7, 11) is 0. The van der Waals surface area contributed by atoms with Crippen LogP contribution in [0.3, 0.4) is 0 Å². The molecule has 1 nitrogen and oxygen atoms in total. The Bertz CT molecular complexity index is 142. The number of unbranched alkanes of at least 4 members (excludes halogenated alkanes) is 2. The van der Waals surface area contributed by atoms with Gasteiger partial charge in [-0.3, -0.25) is 0 Å². The lowest BCUT2D eigenvalue weighted by Gasteiger charge is -2.34. The van der Waals surface area contributed by atoms with Gasteiger partial charge < -0.3 is 4.90 Å². The van der Waals surface area contributed by atoms with Crippen LogP contribution >= 0.6 is 0 Å². The van der Waals surface area contributed by atoms with Crippen LogP contribution in [-0.4, -0.2) is 17.5 Å². The molecule has 1 aliphatic rings. The van der Waals surface area contributed by atoms with Crippen LogP contribution in [0.2, 0.25) is 0 Å². The van der Waals surface area contributed by atoms with Gasteiger partial charge in [0, 0.05) is 12.6 Å². The first kappa shape index (κ1) is 10.6. The van der Waals surface area contributed by atoms with E-state index in [2.05, 4.69) is 18.4 Å². The second-order valence-electron chi connectivity index (χ2n) is 4.07. The van der Waals surface area contributed by atoms with Crippen LogP contribution in [0, 0.1) is 0 Å². The second kappa shape index (κ2) is 6.06. The van der Waals surface area contributed by atoms with E-state index in [0.717, 1.165) is 6.04 Å². The van der Waals surface area contributed by atoms with Crippen LogP contribution in [0.4, 0.5) is 0 Å². The topological polar surface area (TPSA) is 3.24 Å². The molecule has 1 fully saturated rings. The summed E-state index contributed by atoms with van der Waals surface area (Å²) >= 11 is 0. The lowest BCUT2D eigenvalue weighted by atomic mass is 9.97. The molecule has 0 radical (unpaired) electrons. The largest absolute Gasteiger partial charge is 0.375 e. The van der Waals surface area contributed by atoms with Crippen LogP contribution in [0.25, 0.3) is 0 Å². The van der Waals surface area contributed by atoms with Crippen molar-refractivity contribution in [1.82, 2.24) is 4.90 Å². The van der Waals surface area contributed by atoms with Crippen molar-refractivity contribution in [3.8, 4) is 0 Å². The number of likely N-dealkylation sites (tertiary alicyclic amines) is 1. The lowest BCUT2D eigenvalue weighted by Crippen LogP contribution is -2.35. The highest BCUT2D eigenvalue weighted by Crippen LogP contribution is 2.21. The van der Waals surface area contributed by atoms with E-state index in [4.69, 9.17) is 0 Å². The number of piperidine rings is 1. The average molecular weight is 181 g/mol. The molecule has 1 atom stereocenters. The van der Waals surface area contributed by atoms with Gasteiger partial charge in [-0.1, -0.05) is 32.8 Å². The Morgan fingerprint density at radius 3 is 2.92 bits per heavy atom. The predicted octanol–water partition coefficient (Wildman–Crippen LogP) is 3.56. The Hall–Kier alpha value is -0.460. The van der Waals surface area contributed by atoms with Crippen molar-refractivity contribution < 1.29 is 0 Å². The van der Waals surface area contributed by atoms with Gasteiger partial charge in [0.05, 0.1) is 0 Å². The van der Waals surface area contributed by atoms with Gasteiger partial charge in [-0.25, -0.2) is 0 Å². The number of nitrogens with zero attached hydrogens (tertiary/aromatic N) is 1. The maximum Gasteiger partial charge on any atom is 0.0284 e. The smallest absolute Gasteiger partial charge is 0.0284 e. The third-order valence-corrected chi connectivity index (χ3v) is 3.05. The quantitative estimate of drug-likeness (QED) is 0.586. The summed E-state index contributed by atoms with van der Waals surface area (Å²) < 4.78 is 0. The van der Waals surface area contributed by atoms with Crippen molar-refractivity contribution in [3.05, 3.63) is 12.8 Å². The molecule has 0 aromatic carbocycles. The van der Waals surface area contributed by atoms with Crippen molar-refractivity contribution in [3.63, 3.8) is 0 Å². The fourth-order valence-electron chi connectivity index (χ4n) is 2.20. The van der Waals surface area contributed by atoms with Crippen LogP contribution in [0.1, 0.15) is 51.9 Å². The minimum Gasteiger partial charge on any atom is -0.375 e. The van der Waals surface area contributed by atoms with Crippen molar-refractivity contribution >= 4 is 0 Å². The summed E-state index contributed by atoms with van der Waals surface area (Å²) in [5, 5.41) is 0. The van der Waals surface area contributed by atoms with E-state index < -0.39 is 0 Å². The Morgan fingerprint density at radius 1 is 1.38 bits per heavy atom. The molecule has 0 aromatic rings. The Labute approximate surface area is 82.8 Å². The molecule has 0 bridgehead atoms. The van der Waals surface area contributed by atoms with Crippen LogP contribution in [0.5, 0.6) is 0 Å². The molecular weight excluding hydrogens is 158 g/mol. The van der Waals surface area contributed by atoms with Crippen LogP contribution < -0.4 is 0 Å². The van der Waals surface area contributed by atoms with Gasteiger partial charge in [0.25, 0.3) is 0 Å². The zero-order valence-corrected chi connectivity index (χ0v) is 8.97. The van der Waals surface area contributed by atoms with Gasteiger partial charge in [0.15, 0.2) is 0 Å². The average Bonchev–Trinajstić information content (AvgIpc) is 2.19. The van der Waals surface area contributed by atoms with Crippen LogP contribution in [-0.2, 0) is 0 Å². The summed E-state index contributed by atoms with van der Waals surface area (Å²) in [5.41, 5.74) is 0. The molecular formula is C12H23N. The highest BCUT2D eigenvalue weighted by Gasteiger charge is 2.17. The third-order valence-electron chi connectivity index (χ3n) is 3.05. The molecule has 0 saturated carbocycles. The molecule has 1 heteroatoms. The van der Waals surface area contributed by atoms with E-state index in [0.29, 0.717) is 0 Å². The number of rotatable bonds is 5. The molecule has 1 saturated heterocycles. The molecule has 13 heavy (non-hydrogen) atoms. The number of hydrogen-bond donors (Lipinski definition) is 0. The van der Waals surface area contributed by atoms with Gasteiger partial charge in [-0.2, -0.15) is 0 Å². The maximum absolute atomic E-state index is 3.89. The molecule has 0 spiro atoms. The van der Waals surface area contributed by atoms with Gasteiger partial charge in [-0.15, -0.1) is 0 Å². The first-order valence-corrected chi connectivity index (χ1v) is 5.76. The normalized spacial score (nSPS) is 23.2. The van der Waals surface area contributed by atoms with Gasteiger partial charge in [-0.05, 0) is 31.9 Å². The van der Waals surface area contributed by atoms with Crippen LogP contribution in [0.15, 0.2) is 12.8 Å². The zero-order valence-electron chi connectivity index (χ0n) is 8.97. The van der Waals surface area contributed by atoms with E-state index in [1.807, 2.05) is 6.20 Å². The van der Waals surface area contributed by atoms with Crippen molar-refractivity contribution in [2.24, 2.45) is 0 Å². The summed E-state index contributed by atoms with van der Waals surface area (Å²) in [4.78, 5) is 2.44. The molecule has 0 N–H and O–H groups in total. The standard InChI is InChI=1S/C12H23N/c1-3-5-6-9-12-10-7-8-11-13(12)4-2/h4,12H,2-3,5-11H2,1H3. The highest BCUT2D eigenvalue weighted by molar-refractivity contribution is 4.83. The maximum atomic E-state index is 3.89. The van der Waals surface area contributed by atoms with E-state index in [1.165, 1.54) is 51.5 Å². The molecule has 1 aliphatic heterocycles. The first-order chi connectivity index (χ1) is 6.38. The van der Waals surface area contributed by atoms with E-state index >= 15 is 0 Å². The minimum atomic E-state index is 0.804.